The Morgan fingerprint density at radius 3 is 2.87 bits per heavy atom. The van der Waals surface area contributed by atoms with Crippen LogP contribution in [0.3, 0.4) is 0 Å². The van der Waals surface area contributed by atoms with E-state index >= 15 is 0 Å². The predicted octanol–water partition coefficient (Wildman–Crippen LogP) is 1.62. The number of nitrogens with zero attached hydrogens (tertiary/aromatic N) is 4. The number of nitrogens with one attached hydrogen (secondary N) is 1. The number of fused-ring (bicyclic) bond motifs is 1. The molecular formula is C17H21N5O. The van der Waals surface area contributed by atoms with Gasteiger partial charge in [0.15, 0.2) is 5.69 Å². The summed E-state index contributed by atoms with van der Waals surface area (Å²) in [7, 11) is 0. The maximum atomic E-state index is 12.5. The number of aromatic nitrogens is 3. The summed E-state index contributed by atoms with van der Waals surface area (Å²) in [5.74, 6) is -0.121. The Kier molecular flexibility index (Phi) is 3.83. The minimum atomic E-state index is -0.121. The van der Waals surface area contributed by atoms with Crippen LogP contribution in [0.1, 0.15) is 36.2 Å². The van der Waals surface area contributed by atoms with E-state index in [9.17, 15) is 4.79 Å². The lowest BCUT2D eigenvalue weighted by Crippen LogP contribution is -2.46. The monoisotopic (exact) mass is 311 g/mol. The highest BCUT2D eigenvalue weighted by Gasteiger charge is 2.36. The molecule has 23 heavy (non-hydrogen) atoms. The first kappa shape index (κ1) is 14.4. The zero-order valence-corrected chi connectivity index (χ0v) is 13.1. The number of amides is 1. The van der Waals surface area contributed by atoms with Gasteiger partial charge in [-0.25, -0.2) is 0 Å². The molecule has 2 aromatic rings. The van der Waals surface area contributed by atoms with Crippen LogP contribution in [0.15, 0.2) is 36.5 Å². The fourth-order valence-electron chi connectivity index (χ4n) is 3.71. The van der Waals surface area contributed by atoms with E-state index in [1.165, 1.54) is 36.8 Å². The second-order valence-electron chi connectivity index (χ2n) is 6.32. The first-order valence-electron chi connectivity index (χ1n) is 8.34. The number of rotatable bonds is 3. The van der Waals surface area contributed by atoms with Gasteiger partial charge in [-0.3, -0.25) is 9.69 Å². The second-order valence-corrected chi connectivity index (χ2v) is 6.32. The number of piperidine rings is 1. The summed E-state index contributed by atoms with van der Waals surface area (Å²) in [6, 6.07) is 10.4. The molecule has 2 aliphatic heterocycles. The van der Waals surface area contributed by atoms with E-state index in [-0.39, 0.29) is 11.9 Å². The third kappa shape index (κ3) is 2.86. The van der Waals surface area contributed by atoms with Crippen LogP contribution in [-0.2, 0) is 0 Å². The van der Waals surface area contributed by atoms with Crippen molar-refractivity contribution in [1.29, 1.82) is 0 Å². The number of benzene rings is 1. The number of carbonyl (C=O) groups is 1. The van der Waals surface area contributed by atoms with Crippen molar-refractivity contribution in [3.8, 4) is 5.69 Å². The predicted molar refractivity (Wildman–Crippen MR) is 86.4 cm³/mol. The molecule has 1 N–H and O–H groups in total. The van der Waals surface area contributed by atoms with Crippen molar-refractivity contribution in [2.45, 2.75) is 37.8 Å². The molecule has 0 radical (unpaired) electrons. The molecule has 4 rings (SSSR count). The van der Waals surface area contributed by atoms with E-state index in [1.807, 2.05) is 30.3 Å². The van der Waals surface area contributed by atoms with Crippen molar-refractivity contribution >= 4 is 5.91 Å². The quantitative estimate of drug-likeness (QED) is 0.936. The van der Waals surface area contributed by atoms with Gasteiger partial charge in [0.2, 0.25) is 0 Å². The minimum Gasteiger partial charge on any atom is -0.346 e. The SMILES string of the molecule is O=C(N[C@H]1CCN2CCCC[C@@H]12)c1cnn(-c2ccccc2)n1. The zero-order chi connectivity index (χ0) is 15.6. The summed E-state index contributed by atoms with van der Waals surface area (Å²) in [6.45, 7) is 2.26. The lowest BCUT2D eigenvalue weighted by atomic mass is 9.99. The van der Waals surface area contributed by atoms with Crippen LogP contribution >= 0.6 is 0 Å². The second kappa shape index (κ2) is 6.12. The van der Waals surface area contributed by atoms with Crippen LogP contribution in [-0.4, -0.2) is 51.0 Å². The van der Waals surface area contributed by atoms with Crippen molar-refractivity contribution in [2.75, 3.05) is 13.1 Å². The van der Waals surface area contributed by atoms with Crippen molar-refractivity contribution in [2.24, 2.45) is 0 Å². The highest BCUT2D eigenvalue weighted by molar-refractivity contribution is 5.92. The molecule has 2 fully saturated rings. The van der Waals surface area contributed by atoms with Crippen LogP contribution in [0.25, 0.3) is 5.69 Å². The molecule has 2 atom stereocenters. The maximum absolute atomic E-state index is 12.5. The summed E-state index contributed by atoms with van der Waals surface area (Å²) in [5, 5.41) is 11.7. The van der Waals surface area contributed by atoms with Gasteiger partial charge in [0.05, 0.1) is 11.9 Å². The molecule has 0 saturated carbocycles. The average Bonchev–Trinajstić information content (AvgIpc) is 3.24. The molecule has 1 aromatic heterocycles. The lowest BCUT2D eigenvalue weighted by molar-refractivity contribution is 0.0910. The molecule has 120 valence electrons. The van der Waals surface area contributed by atoms with Gasteiger partial charge in [0, 0.05) is 18.6 Å². The van der Waals surface area contributed by atoms with Gasteiger partial charge in [-0.2, -0.15) is 9.90 Å². The molecular weight excluding hydrogens is 290 g/mol. The van der Waals surface area contributed by atoms with Crippen LogP contribution in [0, 0.1) is 0 Å². The Morgan fingerprint density at radius 2 is 2.00 bits per heavy atom. The Labute approximate surface area is 135 Å². The van der Waals surface area contributed by atoms with E-state index in [2.05, 4.69) is 20.4 Å². The Bertz CT molecular complexity index is 683. The van der Waals surface area contributed by atoms with Crippen molar-refractivity contribution in [3.05, 3.63) is 42.2 Å². The van der Waals surface area contributed by atoms with Crippen molar-refractivity contribution < 1.29 is 4.79 Å². The molecule has 3 heterocycles. The Balaban J connectivity index is 1.45. The first-order chi connectivity index (χ1) is 11.3. The van der Waals surface area contributed by atoms with Gasteiger partial charge in [-0.05, 0) is 37.9 Å². The van der Waals surface area contributed by atoms with Crippen LogP contribution in [0.4, 0.5) is 0 Å². The van der Waals surface area contributed by atoms with Gasteiger partial charge in [0.25, 0.3) is 5.91 Å². The third-order valence-electron chi connectivity index (χ3n) is 4.88. The van der Waals surface area contributed by atoms with Crippen LogP contribution in [0.2, 0.25) is 0 Å². The summed E-state index contributed by atoms with van der Waals surface area (Å²) in [5.41, 5.74) is 1.23. The summed E-state index contributed by atoms with van der Waals surface area (Å²) < 4.78 is 0. The summed E-state index contributed by atoms with van der Waals surface area (Å²) in [4.78, 5) is 16.5. The molecule has 0 bridgehead atoms. The normalized spacial score (nSPS) is 24.3. The van der Waals surface area contributed by atoms with E-state index in [1.54, 1.807) is 0 Å². The molecule has 6 nitrogen and oxygen atoms in total. The summed E-state index contributed by atoms with van der Waals surface area (Å²) in [6.07, 6.45) is 6.29. The van der Waals surface area contributed by atoms with Gasteiger partial charge < -0.3 is 5.32 Å². The molecule has 1 amide bonds. The molecule has 2 saturated heterocycles. The first-order valence-corrected chi connectivity index (χ1v) is 8.34. The van der Waals surface area contributed by atoms with E-state index in [0.29, 0.717) is 11.7 Å². The summed E-state index contributed by atoms with van der Waals surface area (Å²) >= 11 is 0. The fourth-order valence-corrected chi connectivity index (χ4v) is 3.71. The largest absolute Gasteiger partial charge is 0.346 e. The molecule has 0 unspecified atom stereocenters. The topological polar surface area (TPSA) is 63.1 Å². The van der Waals surface area contributed by atoms with E-state index in [4.69, 9.17) is 0 Å². The van der Waals surface area contributed by atoms with Gasteiger partial charge >= 0.3 is 0 Å². The van der Waals surface area contributed by atoms with Gasteiger partial charge in [-0.1, -0.05) is 24.6 Å². The number of hydrogen-bond acceptors (Lipinski definition) is 4. The maximum Gasteiger partial charge on any atom is 0.273 e. The average molecular weight is 311 g/mol. The fraction of sp³-hybridized carbons (Fsp3) is 0.471. The molecule has 0 aliphatic carbocycles. The van der Waals surface area contributed by atoms with E-state index in [0.717, 1.165) is 18.7 Å². The van der Waals surface area contributed by atoms with Crippen molar-refractivity contribution in [1.82, 2.24) is 25.2 Å². The lowest BCUT2D eigenvalue weighted by Gasteiger charge is -2.32. The van der Waals surface area contributed by atoms with Gasteiger partial charge in [0.1, 0.15) is 0 Å². The molecule has 0 spiro atoms. The minimum absolute atomic E-state index is 0.121. The zero-order valence-electron chi connectivity index (χ0n) is 13.1. The standard InChI is InChI=1S/C17H21N5O/c23-17(19-14-9-11-21-10-5-4-8-16(14)21)15-12-18-22(20-15)13-6-2-1-3-7-13/h1-3,6-7,12,14,16H,4-5,8-11H2,(H,19,23)/t14-,16-/m0/s1. The van der Waals surface area contributed by atoms with Crippen LogP contribution in [0.5, 0.6) is 0 Å². The number of carbonyl (C=O) groups excluding carboxylic acids is 1. The van der Waals surface area contributed by atoms with Gasteiger partial charge in [-0.15, -0.1) is 5.10 Å². The van der Waals surface area contributed by atoms with Crippen LogP contribution < -0.4 is 5.32 Å². The Morgan fingerprint density at radius 1 is 1.13 bits per heavy atom. The molecule has 2 aliphatic rings. The Hall–Kier alpha value is -2.21. The smallest absolute Gasteiger partial charge is 0.273 e. The highest BCUT2D eigenvalue weighted by atomic mass is 16.2. The number of hydrogen-bond donors (Lipinski definition) is 1. The molecule has 1 aromatic carbocycles. The number of para-hydroxylation sites is 1. The van der Waals surface area contributed by atoms with E-state index < -0.39 is 0 Å². The van der Waals surface area contributed by atoms with Crippen molar-refractivity contribution in [3.63, 3.8) is 0 Å². The molecule has 6 heteroatoms. The highest BCUT2D eigenvalue weighted by Crippen LogP contribution is 2.27. The third-order valence-corrected chi connectivity index (χ3v) is 4.88.